The van der Waals surface area contributed by atoms with Gasteiger partial charge in [-0.1, -0.05) is 71.6 Å². The number of ether oxygens (including phenoxy) is 1. The van der Waals surface area contributed by atoms with E-state index >= 15 is 0 Å². The van der Waals surface area contributed by atoms with E-state index < -0.39 is 0 Å². The number of carbonyl (C=O) groups is 1. The van der Waals surface area contributed by atoms with Crippen molar-refractivity contribution in [1.29, 1.82) is 0 Å². The molecule has 0 radical (unpaired) electrons. The highest BCUT2D eigenvalue weighted by Gasteiger charge is 1.99. The number of thioether (sulfide) groups is 1. The highest BCUT2D eigenvalue weighted by Crippen LogP contribution is 2.12. The minimum atomic E-state index is -0.0444. The molecule has 0 bridgehead atoms. The SMILES string of the molecule is CCCCCCCCCCCCSCCOC(=O)CCC. The van der Waals surface area contributed by atoms with E-state index in [4.69, 9.17) is 4.74 Å². The van der Waals surface area contributed by atoms with E-state index in [0.29, 0.717) is 13.0 Å². The lowest BCUT2D eigenvalue weighted by molar-refractivity contribution is -0.142. The van der Waals surface area contributed by atoms with Crippen LogP contribution in [0, 0.1) is 0 Å². The summed E-state index contributed by atoms with van der Waals surface area (Å²) in [4.78, 5) is 11.1. The summed E-state index contributed by atoms with van der Waals surface area (Å²) < 4.78 is 5.12. The van der Waals surface area contributed by atoms with Crippen LogP contribution >= 0.6 is 11.8 Å². The number of rotatable bonds is 16. The van der Waals surface area contributed by atoms with Gasteiger partial charge in [-0.3, -0.25) is 4.79 Å². The van der Waals surface area contributed by atoms with Crippen LogP contribution in [0.3, 0.4) is 0 Å². The molecule has 0 unspecified atom stereocenters. The Labute approximate surface area is 136 Å². The molecule has 0 saturated heterocycles. The van der Waals surface area contributed by atoms with Gasteiger partial charge in [0.25, 0.3) is 0 Å². The molecule has 21 heavy (non-hydrogen) atoms. The van der Waals surface area contributed by atoms with Gasteiger partial charge >= 0.3 is 5.97 Å². The minimum absolute atomic E-state index is 0.0444. The fourth-order valence-electron chi connectivity index (χ4n) is 2.28. The van der Waals surface area contributed by atoms with Crippen molar-refractivity contribution in [1.82, 2.24) is 0 Å². The first kappa shape index (κ1) is 20.8. The lowest BCUT2D eigenvalue weighted by Gasteiger charge is -2.04. The van der Waals surface area contributed by atoms with Crippen LogP contribution < -0.4 is 0 Å². The fourth-order valence-corrected chi connectivity index (χ4v) is 3.10. The normalized spacial score (nSPS) is 10.8. The van der Waals surface area contributed by atoms with Gasteiger partial charge in [-0.05, 0) is 18.6 Å². The first-order valence-corrected chi connectivity index (χ1v) is 10.2. The van der Waals surface area contributed by atoms with Crippen LogP contribution in [0.2, 0.25) is 0 Å². The van der Waals surface area contributed by atoms with E-state index in [1.165, 1.54) is 70.0 Å². The molecule has 2 nitrogen and oxygen atoms in total. The Bertz CT molecular complexity index is 219. The molecule has 0 aromatic carbocycles. The Morgan fingerprint density at radius 3 is 1.90 bits per heavy atom. The van der Waals surface area contributed by atoms with Gasteiger partial charge in [0.2, 0.25) is 0 Å². The summed E-state index contributed by atoms with van der Waals surface area (Å²) in [5, 5.41) is 0. The summed E-state index contributed by atoms with van der Waals surface area (Å²) in [6.45, 7) is 4.86. The maximum absolute atomic E-state index is 11.1. The second-order valence-corrected chi connectivity index (χ2v) is 6.99. The fraction of sp³-hybridized carbons (Fsp3) is 0.944. The Morgan fingerprint density at radius 1 is 0.762 bits per heavy atom. The average Bonchev–Trinajstić information content (AvgIpc) is 2.48. The van der Waals surface area contributed by atoms with Gasteiger partial charge in [0.15, 0.2) is 0 Å². The van der Waals surface area contributed by atoms with Crippen molar-refractivity contribution >= 4 is 17.7 Å². The summed E-state index contributed by atoms with van der Waals surface area (Å²) in [5.74, 6) is 2.12. The number of hydrogen-bond acceptors (Lipinski definition) is 3. The van der Waals surface area contributed by atoms with Crippen molar-refractivity contribution in [3.63, 3.8) is 0 Å². The quantitative estimate of drug-likeness (QED) is 0.259. The van der Waals surface area contributed by atoms with Crippen LogP contribution in [0.5, 0.6) is 0 Å². The Balaban J connectivity index is 3.01. The highest BCUT2D eigenvalue weighted by atomic mass is 32.2. The number of carbonyl (C=O) groups excluding carboxylic acids is 1. The molecule has 0 amide bonds. The molecule has 0 fully saturated rings. The largest absolute Gasteiger partial charge is 0.465 e. The zero-order valence-corrected chi connectivity index (χ0v) is 15.1. The molecule has 0 N–H and O–H groups in total. The summed E-state index contributed by atoms with van der Waals surface area (Å²) >= 11 is 1.91. The van der Waals surface area contributed by atoms with Crippen LogP contribution in [0.1, 0.15) is 90.9 Å². The number of esters is 1. The highest BCUT2D eigenvalue weighted by molar-refractivity contribution is 7.99. The standard InChI is InChI=1S/C18H36O2S/c1-3-5-6-7-8-9-10-11-12-13-16-21-17-15-20-18(19)14-4-2/h3-17H2,1-2H3. The smallest absolute Gasteiger partial charge is 0.305 e. The van der Waals surface area contributed by atoms with E-state index in [9.17, 15) is 4.79 Å². The van der Waals surface area contributed by atoms with Crippen LogP contribution in [-0.4, -0.2) is 24.1 Å². The Hall–Kier alpha value is -0.180. The third kappa shape index (κ3) is 17.8. The molecule has 126 valence electrons. The van der Waals surface area contributed by atoms with Crippen LogP contribution in [-0.2, 0) is 9.53 Å². The zero-order valence-electron chi connectivity index (χ0n) is 14.3. The zero-order chi connectivity index (χ0) is 15.6. The van der Waals surface area contributed by atoms with Gasteiger partial charge in [-0.2, -0.15) is 11.8 Å². The van der Waals surface area contributed by atoms with E-state index in [1.54, 1.807) is 0 Å². The summed E-state index contributed by atoms with van der Waals surface area (Å²) in [7, 11) is 0. The topological polar surface area (TPSA) is 26.3 Å². The minimum Gasteiger partial charge on any atom is -0.465 e. The molecule has 3 heteroatoms. The maximum Gasteiger partial charge on any atom is 0.305 e. The second-order valence-electron chi connectivity index (χ2n) is 5.76. The Morgan fingerprint density at radius 2 is 1.33 bits per heavy atom. The van der Waals surface area contributed by atoms with E-state index in [2.05, 4.69) is 6.92 Å². The molecule has 0 rings (SSSR count). The first-order chi connectivity index (χ1) is 10.3. The third-order valence-electron chi connectivity index (χ3n) is 3.59. The van der Waals surface area contributed by atoms with Gasteiger partial charge in [0.05, 0.1) is 0 Å². The lowest BCUT2D eigenvalue weighted by atomic mass is 10.1. The predicted octanol–water partition coefficient (Wildman–Crippen LogP) is 5.98. The Kier molecular flexibility index (Phi) is 17.7. The molecule has 0 aromatic heterocycles. The van der Waals surface area contributed by atoms with Crippen molar-refractivity contribution in [2.45, 2.75) is 90.9 Å². The molecular weight excluding hydrogens is 280 g/mol. The third-order valence-corrected chi connectivity index (χ3v) is 4.62. The van der Waals surface area contributed by atoms with Gasteiger partial charge < -0.3 is 4.74 Å². The monoisotopic (exact) mass is 316 g/mol. The van der Waals surface area contributed by atoms with Gasteiger partial charge in [0.1, 0.15) is 6.61 Å². The van der Waals surface area contributed by atoms with Crippen molar-refractivity contribution in [2.75, 3.05) is 18.1 Å². The van der Waals surface area contributed by atoms with Gasteiger partial charge in [-0.15, -0.1) is 0 Å². The maximum atomic E-state index is 11.1. The number of unbranched alkanes of at least 4 members (excludes halogenated alkanes) is 9. The average molecular weight is 317 g/mol. The van der Waals surface area contributed by atoms with Crippen LogP contribution in [0.25, 0.3) is 0 Å². The van der Waals surface area contributed by atoms with Gasteiger partial charge in [-0.25, -0.2) is 0 Å². The van der Waals surface area contributed by atoms with Crippen LogP contribution in [0.15, 0.2) is 0 Å². The molecule has 0 aliphatic carbocycles. The van der Waals surface area contributed by atoms with Gasteiger partial charge in [0, 0.05) is 12.2 Å². The molecule has 0 aliphatic heterocycles. The molecule has 0 aromatic rings. The van der Waals surface area contributed by atoms with Crippen LogP contribution in [0.4, 0.5) is 0 Å². The molecule has 0 saturated carbocycles. The molecule has 0 spiro atoms. The van der Waals surface area contributed by atoms with Crippen molar-refractivity contribution in [3.8, 4) is 0 Å². The molecule has 0 heterocycles. The number of hydrogen-bond donors (Lipinski definition) is 0. The van der Waals surface area contributed by atoms with Crippen molar-refractivity contribution in [2.24, 2.45) is 0 Å². The van der Waals surface area contributed by atoms with Crippen molar-refractivity contribution < 1.29 is 9.53 Å². The first-order valence-electron chi connectivity index (χ1n) is 9.04. The summed E-state index contributed by atoms with van der Waals surface area (Å²) in [6, 6.07) is 0. The molecule has 0 atom stereocenters. The summed E-state index contributed by atoms with van der Waals surface area (Å²) in [5.41, 5.74) is 0. The predicted molar refractivity (Wildman–Crippen MR) is 95.0 cm³/mol. The van der Waals surface area contributed by atoms with Crippen molar-refractivity contribution in [3.05, 3.63) is 0 Å². The lowest BCUT2D eigenvalue weighted by Crippen LogP contribution is -2.06. The second kappa shape index (κ2) is 17.9. The molecular formula is C18H36O2S. The van der Waals surface area contributed by atoms with E-state index in [-0.39, 0.29) is 5.97 Å². The molecule has 0 aliphatic rings. The van der Waals surface area contributed by atoms with E-state index in [0.717, 1.165) is 12.2 Å². The summed E-state index contributed by atoms with van der Waals surface area (Å²) in [6.07, 6.45) is 15.4. The van der Waals surface area contributed by atoms with E-state index in [1.807, 2.05) is 18.7 Å².